The number of carbonyl (C=O) groups excluding carboxylic acids is 1. The van der Waals surface area contributed by atoms with Crippen LogP contribution >= 0.6 is 12.2 Å². The molecule has 0 aliphatic carbocycles. The van der Waals surface area contributed by atoms with E-state index in [9.17, 15) is 9.18 Å². The number of thiocarbonyl (C=S) groups is 1. The summed E-state index contributed by atoms with van der Waals surface area (Å²) in [5, 5.41) is 7.24. The zero-order valence-electron chi connectivity index (χ0n) is 14.6. The molecule has 0 unspecified atom stereocenters. The molecule has 2 N–H and O–H groups in total. The quantitative estimate of drug-likeness (QED) is 0.190. The number of hydrogen-bond donors (Lipinski definition) is 2. The lowest BCUT2D eigenvalue weighted by Crippen LogP contribution is -2.31. The van der Waals surface area contributed by atoms with Crippen LogP contribution in [-0.2, 0) is 0 Å². The van der Waals surface area contributed by atoms with Crippen LogP contribution in [0.3, 0.4) is 0 Å². The second-order valence-corrected chi connectivity index (χ2v) is 5.58. The van der Waals surface area contributed by atoms with Crippen molar-refractivity contribution in [2.45, 2.75) is 0 Å². The Morgan fingerprint density at radius 3 is 2.67 bits per heavy atom. The molecule has 8 heteroatoms. The Morgan fingerprint density at radius 1 is 1.26 bits per heavy atom. The summed E-state index contributed by atoms with van der Waals surface area (Å²) in [5.41, 5.74) is 3.59. The zero-order chi connectivity index (χ0) is 19.6. The van der Waals surface area contributed by atoms with Gasteiger partial charge in [-0.05, 0) is 60.2 Å². The van der Waals surface area contributed by atoms with Gasteiger partial charge in [0.15, 0.2) is 16.6 Å². The summed E-state index contributed by atoms with van der Waals surface area (Å²) in [7, 11) is 1.46. The number of methoxy groups -OCH3 is 1. The SMILES string of the molecule is C=CCNC(=S)N/N=C/c1ccc(OC(=O)c2ccc(F)cc2)c(OC)c1. The Hall–Kier alpha value is -3.26. The van der Waals surface area contributed by atoms with Crippen molar-refractivity contribution >= 4 is 29.5 Å². The molecular weight excluding hydrogens is 369 g/mol. The first kappa shape index (κ1) is 20.1. The molecule has 27 heavy (non-hydrogen) atoms. The third kappa shape index (κ3) is 6.19. The van der Waals surface area contributed by atoms with Crippen LogP contribution in [0, 0.1) is 5.82 Å². The fourth-order valence-corrected chi connectivity index (χ4v) is 2.10. The summed E-state index contributed by atoms with van der Waals surface area (Å²) in [4.78, 5) is 12.1. The molecule has 0 spiro atoms. The lowest BCUT2D eigenvalue weighted by molar-refractivity contribution is 0.0729. The maximum absolute atomic E-state index is 12.9. The van der Waals surface area contributed by atoms with Gasteiger partial charge in [0.2, 0.25) is 0 Å². The van der Waals surface area contributed by atoms with Gasteiger partial charge >= 0.3 is 5.97 Å². The Bertz CT molecular complexity index is 854. The summed E-state index contributed by atoms with van der Waals surface area (Å²) in [6, 6.07) is 10.00. The minimum atomic E-state index is -0.616. The number of hydrogen-bond acceptors (Lipinski definition) is 5. The normalized spacial score (nSPS) is 10.3. The van der Waals surface area contributed by atoms with Crippen molar-refractivity contribution < 1.29 is 18.7 Å². The summed E-state index contributed by atoms with van der Waals surface area (Å²) in [6.07, 6.45) is 3.21. The predicted octanol–water partition coefficient (Wildman–Crippen LogP) is 3.04. The van der Waals surface area contributed by atoms with Crippen LogP contribution in [0.25, 0.3) is 0 Å². The highest BCUT2D eigenvalue weighted by Crippen LogP contribution is 2.28. The van der Waals surface area contributed by atoms with Crippen molar-refractivity contribution in [3.05, 3.63) is 72.1 Å². The molecule has 0 aliphatic rings. The van der Waals surface area contributed by atoms with Gasteiger partial charge in [-0.15, -0.1) is 6.58 Å². The van der Waals surface area contributed by atoms with E-state index in [1.165, 1.54) is 37.6 Å². The number of benzene rings is 2. The Balaban J connectivity index is 2.04. The summed E-state index contributed by atoms with van der Waals surface area (Å²) >= 11 is 5.02. The monoisotopic (exact) mass is 387 g/mol. The van der Waals surface area contributed by atoms with Gasteiger partial charge in [-0.1, -0.05) is 6.08 Å². The number of nitrogens with one attached hydrogen (secondary N) is 2. The molecule has 0 aromatic heterocycles. The van der Waals surface area contributed by atoms with Crippen LogP contribution in [-0.4, -0.2) is 31.0 Å². The lowest BCUT2D eigenvalue weighted by atomic mass is 10.2. The topological polar surface area (TPSA) is 72.0 Å². The van der Waals surface area contributed by atoms with Crippen LogP contribution in [0.1, 0.15) is 15.9 Å². The number of esters is 1. The largest absolute Gasteiger partial charge is 0.493 e. The van der Waals surface area contributed by atoms with E-state index in [2.05, 4.69) is 22.4 Å². The van der Waals surface area contributed by atoms with Crippen LogP contribution in [0.4, 0.5) is 4.39 Å². The van der Waals surface area contributed by atoms with Gasteiger partial charge in [0.25, 0.3) is 0 Å². The van der Waals surface area contributed by atoms with E-state index >= 15 is 0 Å². The van der Waals surface area contributed by atoms with Crippen molar-refractivity contribution in [1.29, 1.82) is 0 Å². The van der Waals surface area contributed by atoms with E-state index < -0.39 is 11.8 Å². The molecule has 2 aromatic carbocycles. The number of halogens is 1. The fraction of sp³-hybridized carbons (Fsp3) is 0.105. The van der Waals surface area contributed by atoms with Crippen LogP contribution in [0.2, 0.25) is 0 Å². The molecule has 140 valence electrons. The minimum Gasteiger partial charge on any atom is -0.493 e. The van der Waals surface area contributed by atoms with E-state index in [1.807, 2.05) is 0 Å². The Morgan fingerprint density at radius 2 is 2.00 bits per heavy atom. The van der Waals surface area contributed by atoms with E-state index in [4.69, 9.17) is 21.7 Å². The molecular formula is C19H18FN3O3S. The molecule has 0 heterocycles. The smallest absolute Gasteiger partial charge is 0.343 e. The van der Waals surface area contributed by atoms with E-state index in [0.29, 0.717) is 23.0 Å². The van der Waals surface area contributed by atoms with Gasteiger partial charge in [0.05, 0.1) is 18.9 Å². The molecule has 0 bridgehead atoms. The van der Waals surface area contributed by atoms with Crippen LogP contribution in [0.15, 0.2) is 60.2 Å². The summed E-state index contributed by atoms with van der Waals surface area (Å²) in [5.74, 6) is -0.461. The average molecular weight is 387 g/mol. The highest BCUT2D eigenvalue weighted by Gasteiger charge is 2.13. The van der Waals surface area contributed by atoms with E-state index in [1.54, 1.807) is 24.3 Å². The second kappa shape index (κ2) is 10.0. The van der Waals surface area contributed by atoms with Gasteiger partial charge in [-0.25, -0.2) is 9.18 Å². The molecule has 0 radical (unpaired) electrons. The minimum absolute atomic E-state index is 0.230. The molecule has 0 fully saturated rings. The first-order valence-electron chi connectivity index (χ1n) is 7.87. The molecule has 0 saturated heterocycles. The predicted molar refractivity (Wildman–Crippen MR) is 106 cm³/mol. The number of nitrogens with zero attached hydrogens (tertiary/aromatic N) is 1. The van der Waals surface area contributed by atoms with Crippen molar-refractivity contribution in [2.75, 3.05) is 13.7 Å². The van der Waals surface area contributed by atoms with Crippen molar-refractivity contribution in [3.63, 3.8) is 0 Å². The standard InChI is InChI=1S/C19H18FN3O3S/c1-3-10-21-19(27)23-22-12-13-4-9-16(17(11-13)25-2)26-18(24)14-5-7-15(20)8-6-14/h3-9,11-12H,1,10H2,2H3,(H2,21,23,27)/b22-12+. The van der Waals surface area contributed by atoms with Crippen molar-refractivity contribution in [2.24, 2.45) is 5.10 Å². The van der Waals surface area contributed by atoms with Gasteiger partial charge in [-0.3, -0.25) is 5.43 Å². The fourth-order valence-electron chi connectivity index (χ4n) is 1.96. The second-order valence-electron chi connectivity index (χ2n) is 5.18. The first-order chi connectivity index (χ1) is 13.0. The maximum atomic E-state index is 12.9. The van der Waals surface area contributed by atoms with Gasteiger partial charge in [-0.2, -0.15) is 5.10 Å². The third-order valence-corrected chi connectivity index (χ3v) is 3.49. The van der Waals surface area contributed by atoms with Gasteiger partial charge in [0.1, 0.15) is 5.82 Å². The Kier molecular flexibility index (Phi) is 7.45. The first-order valence-corrected chi connectivity index (χ1v) is 8.28. The number of hydrazone groups is 1. The molecule has 2 aromatic rings. The summed E-state index contributed by atoms with van der Waals surface area (Å²) in [6.45, 7) is 4.11. The zero-order valence-corrected chi connectivity index (χ0v) is 15.4. The number of ether oxygens (including phenoxy) is 2. The van der Waals surface area contributed by atoms with Crippen molar-refractivity contribution in [1.82, 2.24) is 10.7 Å². The van der Waals surface area contributed by atoms with Crippen LogP contribution < -0.4 is 20.2 Å². The number of carbonyl (C=O) groups is 1. The van der Waals surface area contributed by atoms with E-state index in [0.717, 1.165) is 0 Å². The highest BCUT2D eigenvalue weighted by molar-refractivity contribution is 7.80. The van der Waals surface area contributed by atoms with Crippen molar-refractivity contribution in [3.8, 4) is 11.5 Å². The molecule has 0 amide bonds. The molecule has 6 nitrogen and oxygen atoms in total. The lowest BCUT2D eigenvalue weighted by Gasteiger charge is -2.10. The summed E-state index contributed by atoms with van der Waals surface area (Å²) < 4.78 is 23.5. The maximum Gasteiger partial charge on any atom is 0.343 e. The molecule has 0 aliphatic heterocycles. The molecule has 0 atom stereocenters. The highest BCUT2D eigenvalue weighted by atomic mass is 32.1. The van der Waals surface area contributed by atoms with Crippen LogP contribution in [0.5, 0.6) is 11.5 Å². The number of rotatable bonds is 7. The average Bonchev–Trinajstić information content (AvgIpc) is 2.67. The van der Waals surface area contributed by atoms with Gasteiger partial charge < -0.3 is 14.8 Å². The molecule has 0 saturated carbocycles. The Labute approximate surface area is 161 Å². The van der Waals surface area contributed by atoms with E-state index in [-0.39, 0.29) is 11.3 Å². The molecule has 2 rings (SSSR count). The third-order valence-electron chi connectivity index (χ3n) is 3.26. The van der Waals surface area contributed by atoms with Gasteiger partial charge in [0, 0.05) is 6.54 Å².